The van der Waals surface area contributed by atoms with Crippen molar-refractivity contribution in [3.63, 3.8) is 0 Å². The van der Waals surface area contributed by atoms with Crippen molar-refractivity contribution in [3.05, 3.63) is 243 Å². The van der Waals surface area contributed by atoms with Crippen LogP contribution >= 0.6 is 0 Å². The zero-order valence-electron chi connectivity index (χ0n) is 34.0. The third-order valence-corrected chi connectivity index (χ3v) is 12.5. The summed E-state index contributed by atoms with van der Waals surface area (Å²) in [6.45, 7) is 0. The molecule has 0 amide bonds. The molecular weight excluding hydrogens is 749 g/mol. The fourth-order valence-corrected chi connectivity index (χ4v) is 9.55. The zero-order chi connectivity index (χ0) is 41.0. The second-order valence-corrected chi connectivity index (χ2v) is 16.1. The quantitative estimate of drug-likeness (QED) is 0.152. The Labute approximate surface area is 360 Å². The molecule has 10 aromatic carbocycles. The maximum Gasteiger partial charge on any atom is 0.0553 e. The molecule has 0 spiro atoms. The van der Waals surface area contributed by atoms with Crippen LogP contribution in [0.15, 0.2) is 243 Å². The van der Waals surface area contributed by atoms with Gasteiger partial charge in [-0.25, -0.2) is 0 Å². The number of nitrogens with zero attached hydrogens (tertiary/aromatic N) is 2. The second-order valence-electron chi connectivity index (χ2n) is 16.1. The van der Waals surface area contributed by atoms with Crippen molar-refractivity contribution >= 4 is 43.6 Å². The maximum absolute atomic E-state index is 2.46. The summed E-state index contributed by atoms with van der Waals surface area (Å²) in [5, 5.41) is 4.96. The first-order chi connectivity index (χ1) is 30.7. The largest absolute Gasteiger partial charge is 0.309 e. The van der Waals surface area contributed by atoms with E-state index in [4.69, 9.17) is 0 Å². The van der Waals surface area contributed by atoms with Crippen molar-refractivity contribution in [2.75, 3.05) is 0 Å². The Bertz CT molecular complexity index is 3560. The summed E-state index contributed by atoms with van der Waals surface area (Å²) in [7, 11) is 0. The Balaban J connectivity index is 1.06. The molecule has 2 heterocycles. The third kappa shape index (κ3) is 6.04. The van der Waals surface area contributed by atoms with E-state index in [0.717, 1.165) is 11.4 Å². The molecule has 0 unspecified atom stereocenters. The summed E-state index contributed by atoms with van der Waals surface area (Å²) >= 11 is 0. The van der Waals surface area contributed by atoms with Crippen molar-refractivity contribution < 1.29 is 0 Å². The van der Waals surface area contributed by atoms with Crippen molar-refractivity contribution in [1.29, 1.82) is 0 Å². The Morgan fingerprint density at radius 1 is 0.210 bits per heavy atom. The molecule has 2 nitrogen and oxygen atoms in total. The lowest BCUT2D eigenvalue weighted by Gasteiger charge is -2.13. The molecule has 0 bridgehead atoms. The fourth-order valence-electron chi connectivity index (χ4n) is 9.55. The monoisotopic (exact) mass is 788 g/mol. The van der Waals surface area contributed by atoms with Gasteiger partial charge in [-0.1, -0.05) is 176 Å². The number of rotatable bonds is 7. The molecule has 12 rings (SSSR count). The van der Waals surface area contributed by atoms with Crippen LogP contribution in [0.3, 0.4) is 0 Å². The second kappa shape index (κ2) is 14.8. The summed E-state index contributed by atoms with van der Waals surface area (Å²) in [4.78, 5) is 0. The Kier molecular flexibility index (Phi) is 8.53. The van der Waals surface area contributed by atoms with E-state index in [1.54, 1.807) is 0 Å². The Morgan fingerprint density at radius 3 is 1.15 bits per heavy atom. The van der Waals surface area contributed by atoms with Gasteiger partial charge >= 0.3 is 0 Å². The minimum Gasteiger partial charge on any atom is -0.309 e. The molecular formula is C60H40N2. The van der Waals surface area contributed by atoms with E-state index in [2.05, 4.69) is 252 Å². The number of para-hydroxylation sites is 1. The summed E-state index contributed by atoms with van der Waals surface area (Å²) in [6.07, 6.45) is 0. The van der Waals surface area contributed by atoms with Crippen LogP contribution in [0.1, 0.15) is 0 Å². The fraction of sp³-hybridized carbons (Fsp3) is 0. The Morgan fingerprint density at radius 2 is 0.597 bits per heavy atom. The molecule has 2 aromatic heterocycles. The smallest absolute Gasteiger partial charge is 0.0553 e. The highest BCUT2D eigenvalue weighted by molar-refractivity contribution is 6.18. The average molecular weight is 789 g/mol. The SMILES string of the molecule is c1ccc(-c2ccc(-n3c4ccccc4c4cc(-c5ccc6c(c5)c5c(-c7ccccc7)cc(-c7ccccc7)cc5n6-c5ccc(-c6ccccc6)cc5)ccc43)cc2)cc1. The van der Waals surface area contributed by atoms with Gasteiger partial charge in [-0.2, -0.15) is 0 Å². The molecule has 2 heteroatoms. The molecule has 0 aliphatic rings. The standard InChI is InChI=1S/C60H40N2/c1-5-15-41(16-6-1)44-25-31-50(32-26-44)61-56-24-14-13-23-52(56)54-37-47(29-35-57(54)61)48-30-36-58-55(38-48)60-53(46-21-11-4-12-22-46)39-49(43-19-9-3-10-20-43)40-59(60)62(58)51-33-27-45(28-34-51)42-17-7-2-8-18-42/h1-40H. The predicted octanol–water partition coefficient (Wildman–Crippen LogP) is 16.2. The lowest BCUT2D eigenvalue weighted by Crippen LogP contribution is -1.95. The molecule has 0 N–H and O–H groups in total. The van der Waals surface area contributed by atoms with Crippen molar-refractivity contribution in [1.82, 2.24) is 9.13 Å². The molecule has 12 aromatic rings. The normalized spacial score (nSPS) is 11.5. The van der Waals surface area contributed by atoms with Gasteiger partial charge in [0, 0.05) is 32.9 Å². The molecule has 0 radical (unpaired) electrons. The van der Waals surface area contributed by atoms with E-state index in [0.29, 0.717) is 0 Å². The van der Waals surface area contributed by atoms with Crippen LogP contribution in [0.4, 0.5) is 0 Å². The first-order valence-electron chi connectivity index (χ1n) is 21.3. The molecule has 0 saturated carbocycles. The minimum atomic E-state index is 1.13. The van der Waals surface area contributed by atoms with Gasteiger partial charge in [0.2, 0.25) is 0 Å². The number of hydrogen-bond acceptors (Lipinski definition) is 0. The summed E-state index contributed by atoms with van der Waals surface area (Å²) in [5.74, 6) is 0. The van der Waals surface area contributed by atoms with Gasteiger partial charge in [-0.05, 0) is 122 Å². The van der Waals surface area contributed by atoms with Gasteiger partial charge in [0.25, 0.3) is 0 Å². The number of aromatic nitrogens is 2. The highest BCUT2D eigenvalue weighted by Gasteiger charge is 2.20. The van der Waals surface area contributed by atoms with Crippen molar-refractivity contribution in [2.24, 2.45) is 0 Å². The predicted molar refractivity (Wildman–Crippen MR) is 262 cm³/mol. The lowest BCUT2D eigenvalue weighted by atomic mass is 9.93. The average Bonchev–Trinajstić information content (AvgIpc) is 3.87. The van der Waals surface area contributed by atoms with E-state index >= 15 is 0 Å². The van der Waals surface area contributed by atoms with Crippen LogP contribution < -0.4 is 0 Å². The van der Waals surface area contributed by atoms with Gasteiger partial charge in [-0.3, -0.25) is 0 Å². The lowest BCUT2D eigenvalue weighted by molar-refractivity contribution is 1.18. The zero-order valence-corrected chi connectivity index (χ0v) is 34.0. The van der Waals surface area contributed by atoms with E-state index < -0.39 is 0 Å². The van der Waals surface area contributed by atoms with Crippen LogP contribution in [0.5, 0.6) is 0 Å². The molecule has 0 aliphatic heterocycles. The third-order valence-electron chi connectivity index (χ3n) is 12.5. The number of fused-ring (bicyclic) bond motifs is 6. The summed E-state index contributed by atoms with van der Waals surface area (Å²) < 4.78 is 4.86. The van der Waals surface area contributed by atoms with Gasteiger partial charge in [0.15, 0.2) is 0 Å². The van der Waals surface area contributed by atoms with Crippen LogP contribution in [-0.4, -0.2) is 9.13 Å². The molecule has 290 valence electrons. The Hall–Kier alpha value is -8.20. The van der Waals surface area contributed by atoms with Crippen LogP contribution in [0.25, 0.3) is 111 Å². The van der Waals surface area contributed by atoms with Crippen molar-refractivity contribution in [3.8, 4) is 67.0 Å². The van der Waals surface area contributed by atoms with E-state index in [1.165, 1.54) is 99.2 Å². The van der Waals surface area contributed by atoms with E-state index in [9.17, 15) is 0 Å². The van der Waals surface area contributed by atoms with Crippen LogP contribution in [-0.2, 0) is 0 Å². The van der Waals surface area contributed by atoms with Crippen molar-refractivity contribution in [2.45, 2.75) is 0 Å². The molecule has 0 saturated heterocycles. The topological polar surface area (TPSA) is 9.86 Å². The molecule has 0 fully saturated rings. The van der Waals surface area contributed by atoms with Crippen LogP contribution in [0.2, 0.25) is 0 Å². The first-order valence-corrected chi connectivity index (χ1v) is 21.3. The highest BCUT2D eigenvalue weighted by atomic mass is 15.0. The first kappa shape index (κ1) is 35.7. The van der Waals surface area contributed by atoms with Gasteiger partial charge in [-0.15, -0.1) is 0 Å². The van der Waals surface area contributed by atoms with E-state index in [-0.39, 0.29) is 0 Å². The van der Waals surface area contributed by atoms with E-state index in [1.807, 2.05) is 0 Å². The molecule has 0 atom stereocenters. The number of benzene rings is 10. The summed E-state index contributed by atoms with van der Waals surface area (Å²) in [5.41, 5.74) is 19.1. The van der Waals surface area contributed by atoms with Gasteiger partial charge < -0.3 is 9.13 Å². The maximum atomic E-state index is 2.46. The molecule has 62 heavy (non-hydrogen) atoms. The summed E-state index contributed by atoms with van der Waals surface area (Å²) in [6, 6.07) is 88.4. The van der Waals surface area contributed by atoms with Crippen LogP contribution in [0, 0.1) is 0 Å². The molecule has 0 aliphatic carbocycles. The van der Waals surface area contributed by atoms with Gasteiger partial charge in [0.05, 0.1) is 22.1 Å². The van der Waals surface area contributed by atoms with Gasteiger partial charge in [0.1, 0.15) is 0 Å². The number of hydrogen-bond donors (Lipinski definition) is 0. The minimum absolute atomic E-state index is 1.13. The highest BCUT2D eigenvalue weighted by Crippen LogP contribution is 2.44.